The summed E-state index contributed by atoms with van der Waals surface area (Å²) < 4.78 is 27.2. The summed E-state index contributed by atoms with van der Waals surface area (Å²) in [5.74, 6) is 1.26. The van der Waals surface area contributed by atoms with E-state index in [-0.39, 0.29) is 0 Å². The molecule has 1 aromatic carbocycles. The number of hydrogen-bond donors (Lipinski definition) is 2. The fraction of sp³-hybridized carbons (Fsp3) is 0.647. The molecule has 0 spiro atoms. The Hall–Kier alpha value is -0.910. The summed E-state index contributed by atoms with van der Waals surface area (Å²) in [4.78, 5) is 0.366. The fourth-order valence-electron chi connectivity index (χ4n) is 2.73. The third-order valence-corrected chi connectivity index (χ3v) is 5.73. The van der Waals surface area contributed by atoms with Crippen LogP contribution in [-0.4, -0.2) is 28.1 Å². The van der Waals surface area contributed by atoms with Gasteiger partial charge in [0.15, 0.2) is 0 Å². The first kappa shape index (κ1) is 17.4. The van der Waals surface area contributed by atoms with Crippen LogP contribution in [0.3, 0.4) is 0 Å². The van der Waals surface area contributed by atoms with Gasteiger partial charge in [-0.15, -0.1) is 0 Å². The van der Waals surface area contributed by atoms with Gasteiger partial charge < -0.3 is 5.32 Å². The molecule has 0 bridgehead atoms. The number of benzene rings is 1. The molecule has 5 heteroatoms. The van der Waals surface area contributed by atoms with Gasteiger partial charge in [0.25, 0.3) is 0 Å². The van der Waals surface area contributed by atoms with E-state index < -0.39 is 10.0 Å². The molecular formula is C17H28N2O2S. The van der Waals surface area contributed by atoms with Gasteiger partial charge in [-0.05, 0) is 68.3 Å². The Morgan fingerprint density at radius 3 is 2.59 bits per heavy atom. The first-order valence-corrected chi connectivity index (χ1v) is 9.75. The van der Waals surface area contributed by atoms with Gasteiger partial charge in [0.1, 0.15) is 0 Å². The minimum Gasteiger partial charge on any atom is -0.316 e. The smallest absolute Gasteiger partial charge is 0.240 e. The van der Waals surface area contributed by atoms with E-state index in [1.54, 1.807) is 12.1 Å². The number of hydrogen-bond acceptors (Lipinski definition) is 3. The van der Waals surface area contributed by atoms with E-state index in [1.807, 2.05) is 12.1 Å². The van der Waals surface area contributed by atoms with Crippen LogP contribution in [0.1, 0.15) is 38.7 Å². The summed E-state index contributed by atoms with van der Waals surface area (Å²) in [6.45, 7) is 6.97. The lowest BCUT2D eigenvalue weighted by molar-refractivity contribution is 0.519. The molecule has 1 aromatic rings. The van der Waals surface area contributed by atoms with Crippen LogP contribution >= 0.6 is 0 Å². The largest absolute Gasteiger partial charge is 0.316 e. The van der Waals surface area contributed by atoms with Gasteiger partial charge >= 0.3 is 0 Å². The lowest BCUT2D eigenvalue weighted by Crippen LogP contribution is -2.26. The average Bonchev–Trinajstić information content (AvgIpc) is 2.98. The molecule has 1 unspecified atom stereocenters. The van der Waals surface area contributed by atoms with Gasteiger partial charge in [-0.25, -0.2) is 13.1 Å². The second-order valence-electron chi connectivity index (χ2n) is 6.62. The van der Waals surface area contributed by atoms with Crippen LogP contribution in [0.5, 0.6) is 0 Å². The molecule has 124 valence electrons. The molecule has 22 heavy (non-hydrogen) atoms. The van der Waals surface area contributed by atoms with Crippen LogP contribution in [-0.2, 0) is 16.4 Å². The zero-order chi connectivity index (χ0) is 16.0. The highest BCUT2D eigenvalue weighted by molar-refractivity contribution is 7.89. The summed E-state index contributed by atoms with van der Waals surface area (Å²) in [6.07, 6.45) is 4.17. The highest BCUT2D eigenvalue weighted by atomic mass is 32.2. The number of rotatable bonds is 8. The SMILES string of the molecule is CC(C)CCc1ccc(S(=O)(=O)NCCC2CCNC2)cc1. The molecule has 0 radical (unpaired) electrons. The Kier molecular flexibility index (Phi) is 6.41. The lowest BCUT2D eigenvalue weighted by atomic mass is 10.0. The lowest BCUT2D eigenvalue weighted by Gasteiger charge is -2.11. The minimum atomic E-state index is -3.37. The molecule has 4 nitrogen and oxygen atoms in total. The van der Waals surface area contributed by atoms with Crippen LogP contribution < -0.4 is 10.0 Å². The molecule has 2 N–H and O–H groups in total. The molecule has 0 aliphatic carbocycles. The molecule has 1 atom stereocenters. The summed E-state index contributed by atoms with van der Waals surface area (Å²) in [7, 11) is -3.37. The van der Waals surface area contributed by atoms with E-state index in [1.165, 1.54) is 5.56 Å². The van der Waals surface area contributed by atoms with Crippen molar-refractivity contribution in [3.05, 3.63) is 29.8 Å². The summed E-state index contributed by atoms with van der Waals surface area (Å²) >= 11 is 0. The molecule has 1 aliphatic rings. The van der Waals surface area contributed by atoms with Crippen molar-refractivity contribution in [3.63, 3.8) is 0 Å². The maximum Gasteiger partial charge on any atom is 0.240 e. The molecule has 1 heterocycles. The molecule has 0 amide bonds. The van der Waals surface area contributed by atoms with Gasteiger partial charge in [0, 0.05) is 6.54 Å². The molecule has 1 aliphatic heterocycles. The van der Waals surface area contributed by atoms with E-state index >= 15 is 0 Å². The molecule has 2 rings (SSSR count). The fourth-order valence-corrected chi connectivity index (χ4v) is 3.78. The Morgan fingerprint density at radius 1 is 1.27 bits per heavy atom. The van der Waals surface area contributed by atoms with Crippen LogP contribution in [0, 0.1) is 11.8 Å². The van der Waals surface area contributed by atoms with Gasteiger partial charge in [-0.2, -0.15) is 0 Å². The van der Waals surface area contributed by atoms with Crippen molar-refractivity contribution in [2.45, 2.75) is 44.4 Å². The highest BCUT2D eigenvalue weighted by Crippen LogP contribution is 2.15. The zero-order valence-electron chi connectivity index (χ0n) is 13.6. The highest BCUT2D eigenvalue weighted by Gasteiger charge is 2.17. The zero-order valence-corrected chi connectivity index (χ0v) is 14.5. The average molecular weight is 324 g/mol. The first-order valence-electron chi connectivity index (χ1n) is 8.26. The van der Waals surface area contributed by atoms with Crippen LogP contribution in [0.15, 0.2) is 29.2 Å². The quantitative estimate of drug-likeness (QED) is 0.772. The van der Waals surface area contributed by atoms with Gasteiger partial charge in [-0.3, -0.25) is 0 Å². The summed E-state index contributed by atoms with van der Waals surface area (Å²) in [5, 5.41) is 3.30. The van der Waals surface area contributed by atoms with Crippen molar-refractivity contribution < 1.29 is 8.42 Å². The molecule has 0 saturated carbocycles. The predicted molar refractivity (Wildman–Crippen MR) is 90.4 cm³/mol. The van der Waals surface area contributed by atoms with Gasteiger partial charge in [0.05, 0.1) is 4.90 Å². The first-order chi connectivity index (χ1) is 10.5. The Balaban J connectivity index is 1.85. The van der Waals surface area contributed by atoms with Crippen molar-refractivity contribution in [2.75, 3.05) is 19.6 Å². The van der Waals surface area contributed by atoms with Crippen molar-refractivity contribution >= 4 is 10.0 Å². The third kappa shape index (κ3) is 5.38. The van der Waals surface area contributed by atoms with E-state index in [2.05, 4.69) is 23.9 Å². The van der Waals surface area contributed by atoms with E-state index in [0.29, 0.717) is 23.3 Å². The standard InChI is InChI=1S/C17H28N2O2S/c1-14(2)3-4-15-5-7-17(8-6-15)22(20,21)19-12-10-16-9-11-18-13-16/h5-8,14,16,18-19H,3-4,9-13H2,1-2H3. The number of aryl methyl sites for hydroxylation is 1. The van der Waals surface area contributed by atoms with Crippen LogP contribution in [0.25, 0.3) is 0 Å². The monoisotopic (exact) mass is 324 g/mol. The minimum absolute atomic E-state index is 0.366. The van der Waals surface area contributed by atoms with Gasteiger partial charge in [0.2, 0.25) is 10.0 Å². The maximum atomic E-state index is 12.3. The molecule has 1 saturated heterocycles. The second kappa shape index (κ2) is 8.09. The topological polar surface area (TPSA) is 58.2 Å². The van der Waals surface area contributed by atoms with E-state index in [9.17, 15) is 8.42 Å². The number of nitrogens with one attached hydrogen (secondary N) is 2. The number of sulfonamides is 1. The summed E-state index contributed by atoms with van der Waals surface area (Å²) in [6, 6.07) is 7.29. The Morgan fingerprint density at radius 2 is 2.00 bits per heavy atom. The molecule has 1 fully saturated rings. The third-order valence-electron chi connectivity index (χ3n) is 4.25. The molecular weight excluding hydrogens is 296 g/mol. The Labute approximate surface area is 134 Å². The van der Waals surface area contributed by atoms with Crippen LogP contribution in [0.2, 0.25) is 0 Å². The second-order valence-corrected chi connectivity index (χ2v) is 8.39. The van der Waals surface area contributed by atoms with Crippen molar-refractivity contribution in [2.24, 2.45) is 11.8 Å². The Bertz CT molecular complexity index is 547. The van der Waals surface area contributed by atoms with Crippen molar-refractivity contribution in [3.8, 4) is 0 Å². The summed E-state index contributed by atoms with van der Waals surface area (Å²) in [5.41, 5.74) is 1.20. The normalized spacial score (nSPS) is 19.0. The van der Waals surface area contributed by atoms with Crippen molar-refractivity contribution in [1.29, 1.82) is 0 Å². The van der Waals surface area contributed by atoms with E-state index in [0.717, 1.165) is 38.8 Å². The molecule has 0 aromatic heterocycles. The maximum absolute atomic E-state index is 12.3. The predicted octanol–water partition coefficient (Wildman–Crippen LogP) is 2.55. The van der Waals surface area contributed by atoms with Gasteiger partial charge in [-0.1, -0.05) is 26.0 Å². The van der Waals surface area contributed by atoms with Crippen LogP contribution in [0.4, 0.5) is 0 Å². The van der Waals surface area contributed by atoms with Crippen molar-refractivity contribution in [1.82, 2.24) is 10.0 Å². The van der Waals surface area contributed by atoms with E-state index in [4.69, 9.17) is 0 Å².